The number of benzene rings is 2. The number of carbonyl (C=O) groups is 1. The summed E-state index contributed by atoms with van der Waals surface area (Å²) < 4.78 is 5.74. The molecule has 6 heteroatoms. The lowest BCUT2D eigenvalue weighted by atomic mass is 10.1. The Bertz CT molecular complexity index is 922. The minimum atomic E-state index is 0.0723. The Morgan fingerprint density at radius 2 is 1.82 bits per heavy atom. The lowest BCUT2D eigenvalue weighted by Crippen LogP contribution is -2.32. The van der Waals surface area contributed by atoms with Crippen LogP contribution in [0.2, 0.25) is 0 Å². The molecule has 0 saturated carbocycles. The molecule has 0 N–H and O–H groups in total. The molecule has 1 aromatic heterocycles. The Hall–Kier alpha value is -2.60. The molecule has 0 radical (unpaired) electrons. The normalized spacial score (nSPS) is 10.8. The summed E-state index contributed by atoms with van der Waals surface area (Å²) in [4.78, 5) is 14.6. The highest BCUT2D eigenvalue weighted by Gasteiger charge is 2.17. The highest BCUT2D eigenvalue weighted by molar-refractivity contribution is 7.99. The van der Waals surface area contributed by atoms with E-state index in [-0.39, 0.29) is 11.7 Å². The van der Waals surface area contributed by atoms with Crippen LogP contribution in [-0.4, -0.2) is 33.3 Å². The first-order chi connectivity index (χ1) is 13.6. The van der Waals surface area contributed by atoms with Gasteiger partial charge in [0.25, 0.3) is 5.22 Å². The zero-order valence-electron chi connectivity index (χ0n) is 16.5. The molecule has 28 heavy (non-hydrogen) atoms. The molecule has 146 valence electrons. The molecule has 3 rings (SSSR count). The fourth-order valence-electron chi connectivity index (χ4n) is 2.88. The van der Waals surface area contributed by atoms with Gasteiger partial charge in [-0.15, -0.1) is 10.2 Å². The smallest absolute Gasteiger partial charge is 0.277 e. The monoisotopic (exact) mass is 395 g/mol. The molecule has 5 nitrogen and oxygen atoms in total. The van der Waals surface area contributed by atoms with E-state index in [4.69, 9.17) is 4.42 Å². The van der Waals surface area contributed by atoms with Gasteiger partial charge in [0.1, 0.15) is 0 Å². The van der Waals surface area contributed by atoms with Gasteiger partial charge >= 0.3 is 0 Å². The van der Waals surface area contributed by atoms with Crippen LogP contribution in [0.25, 0.3) is 11.5 Å². The summed E-state index contributed by atoms with van der Waals surface area (Å²) in [6, 6.07) is 16.2. The van der Waals surface area contributed by atoms with Crippen LogP contribution in [0.15, 0.2) is 58.2 Å². The fraction of sp³-hybridized carbons (Fsp3) is 0.318. The Balaban J connectivity index is 1.61. The summed E-state index contributed by atoms with van der Waals surface area (Å²) in [6.07, 6.45) is 0.917. The second-order valence-electron chi connectivity index (χ2n) is 6.78. The molecule has 0 fully saturated rings. The van der Waals surface area contributed by atoms with Crippen molar-refractivity contribution in [3.8, 4) is 11.5 Å². The minimum Gasteiger partial charge on any atom is -0.411 e. The number of carbonyl (C=O) groups excluding carboxylic acids is 1. The van der Waals surface area contributed by atoms with Crippen LogP contribution in [0.1, 0.15) is 30.0 Å². The Morgan fingerprint density at radius 1 is 1.07 bits per heavy atom. The van der Waals surface area contributed by atoms with E-state index in [2.05, 4.69) is 48.3 Å². The van der Waals surface area contributed by atoms with Gasteiger partial charge in [0.2, 0.25) is 11.8 Å². The zero-order valence-corrected chi connectivity index (χ0v) is 17.3. The molecule has 0 saturated heterocycles. The Morgan fingerprint density at radius 3 is 2.54 bits per heavy atom. The number of nitrogens with zero attached hydrogens (tertiary/aromatic N) is 3. The number of rotatable bonds is 8. The van der Waals surface area contributed by atoms with Crippen LogP contribution < -0.4 is 0 Å². The standard InChI is InChI=1S/C22H25N3O2S/c1-4-13-25(14-18-11-9-16(2)10-12-18)20(26)15-28-22-24-23-21(27-22)19-8-6-5-7-17(19)3/h5-12H,4,13-15H2,1-3H3. The highest BCUT2D eigenvalue weighted by Crippen LogP contribution is 2.25. The third kappa shape index (κ3) is 5.23. The van der Waals surface area contributed by atoms with Crippen LogP contribution in [0.3, 0.4) is 0 Å². The van der Waals surface area contributed by atoms with Gasteiger partial charge in [0, 0.05) is 18.7 Å². The summed E-state index contributed by atoms with van der Waals surface area (Å²) in [5, 5.41) is 8.62. The average Bonchev–Trinajstić information content (AvgIpc) is 3.16. The van der Waals surface area contributed by atoms with E-state index in [0.29, 0.717) is 17.7 Å². The van der Waals surface area contributed by atoms with Crippen molar-refractivity contribution in [1.82, 2.24) is 15.1 Å². The molecule has 0 atom stereocenters. The third-order valence-electron chi connectivity index (χ3n) is 4.44. The lowest BCUT2D eigenvalue weighted by molar-refractivity contribution is -0.129. The van der Waals surface area contributed by atoms with E-state index in [0.717, 1.165) is 29.7 Å². The Labute approximate surface area is 170 Å². The quantitative estimate of drug-likeness (QED) is 0.509. The largest absolute Gasteiger partial charge is 0.411 e. The van der Waals surface area contributed by atoms with Crippen LogP contribution in [0.4, 0.5) is 0 Å². The van der Waals surface area contributed by atoms with Gasteiger partial charge in [-0.1, -0.05) is 66.7 Å². The minimum absolute atomic E-state index is 0.0723. The number of hydrogen-bond acceptors (Lipinski definition) is 5. The molecule has 2 aromatic carbocycles. The van der Waals surface area contributed by atoms with Crippen molar-refractivity contribution in [1.29, 1.82) is 0 Å². The number of aromatic nitrogens is 2. The average molecular weight is 396 g/mol. The van der Waals surface area contributed by atoms with E-state index < -0.39 is 0 Å². The van der Waals surface area contributed by atoms with Crippen molar-refractivity contribution < 1.29 is 9.21 Å². The molecule has 0 aliphatic rings. The molecular weight excluding hydrogens is 370 g/mol. The predicted molar refractivity (Wildman–Crippen MR) is 112 cm³/mol. The van der Waals surface area contributed by atoms with E-state index in [1.807, 2.05) is 36.1 Å². The van der Waals surface area contributed by atoms with Crippen LogP contribution in [0.5, 0.6) is 0 Å². The van der Waals surface area contributed by atoms with Crippen LogP contribution in [0, 0.1) is 13.8 Å². The van der Waals surface area contributed by atoms with Gasteiger partial charge in [0.15, 0.2) is 0 Å². The molecule has 0 spiro atoms. The van der Waals surface area contributed by atoms with Gasteiger partial charge in [-0.05, 0) is 37.5 Å². The fourth-order valence-corrected chi connectivity index (χ4v) is 3.55. The van der Waals surface area contributed by atoms with Crippen molar-refractivity contribution in [3.63, 3.8) is 0 Å². The van der Waals surface area contributed by atoms with Crippen molar-refractivity contribution in [3.05, 3.63) is 65.2 Å². The molecule has 0 aliphatic heterocycles. The van der Waals surface area contributed by atoms with Gasteiger partial charge < -0.3 is 9.32 Å². The van der Waals surface area contributed by atoms with Gasteiger partial charge in [-0.3, -0.25) is 4.79 Å². The number of thioether (sulfide) groups is 1. The van der Waals surface area contributed by atoms with Crippen molar-refractivity contribution in [2.75, 3.05) is 12.3 Å². The van der Waals surface area contributed by atoms with Gasteiger partial charge in [-0.2, -0.15) is 0 Å². The topological polar surface area (TPSA) is 59.2 Å². The molecular formula is C22H25N3O2S. The number of hydrogen-bond donors (Lipinski definition) is 0. The summed E-state index contributed by atoms with van der Waals surface area (Å²) in [5.41, 5.74) is 4.34. The maximum Gasteiger partial charge on any atom is 0.277 e. The number of aryl methyl sites for hydroxylation is 2. The third-order valence-corrected chi connectivity index (χ3v) is 5.24. The van der Waals surface area contributed by atoms with E-state index in [9.17, 15) is 4.79 Å². The van der Waals surface area contributed by atoms with E-state index in [1.54, 1.807) is 0 Å². The lowest BCUT2D eigenvalue weighted by Gasteiger charge is -2.22. The second-order valence-corrected chi connectivity index (χ2v) is 7.70. The first kappa shape index (κ1) is 20.1. The van der Waals surface area contributed by atoms with Crippen LogP contribution in [-0.2, 0) is 11.3 Å². The maximum absolute atomic E-state index is 12.7. The van der Waals surface area contributed by atoms with E-state index >= 15 is 0 Å². The molecule has 1 amide bonds. The SMILES string of the molecule is CCCN(Cc1ccc(C)cc1)C(=O)CSc1nnc(-c2ccccc2C)o1. The molecule has 3 aromatic rings. The van der Waals surface area contributed by atoms with Crippen molar-refractivity contribution >= 4 is 17.7 Å². The van der Waals surface area contributed by atoms with Crippen LogP contribution >= 0.6 is 11.8 Å². The predicted octanol–water partition coefficient (Wildman–Crippen LogP) is 4.88. The first-order valence-electron chi connectivity index (χ1n) is 9.42. The highest BCUT2D eigenvalue weighted by atomic mass is 32.2. The van der Waals surface area contributed by atoms with Crippen molar-refractivity contribution in [2.24, 2.45) is 0 Å². The zero-order chi connectivity index (χ0) is 19.9. The molecule has 0 aliphatic carbocycles. The summed E-state index contributed by atoms with van der Waals surface area (Å²) in [7, 11) is 0. The molecule has 1 heterocycles. The number of amides is 1. The molecule has 0 unspecified atom stereocenters. The van der Waals surface area contributed by atoms with E-state index in [1.165, 1.54) is 17.3 Å². The summed E-state index contributed by atoms with van der Waals surface area (Å²) >= 11 is 1.29. The summed E-state index contributed by atoms with van der Waals surface area (Å²) in [6.45, 7) is 7.49. The van der Waals surface area contributed by atoms with Crippen molar-refractivity contribution in [2.45, 2.75) is 39.0 Å². The molecule has 0 bridgehead atoms. The van der Waals surface area contributed by atoms with Gasteiger partial charge in [-0.25, -0.2) is 0 Å². The Kier molecular flexibility index (Phi) is 6.87. The maximum atomic E-state index is 12.7. The van der Waals surface area contributed by atoms with Gasteiger partial charge in [0.05, 0.1) is 5.75 Å². The second kappa shape index (κ2) is 9.55. The first-order valence-corrected chi connectivity index (χ1v) is 10.4. The summed E-state index contributed by atoms with van der Waals surface area (Å²) in [5.74, 6) is 0.836.